The summed E-state index contributed by atoms with van der Waals surface area (Å²) in [6, 6.07) is 5.21. The minimum atomic E-state index is -3.74. The van der Waals surface area contributed by atoms with Crippen molar-refractivity contribution in [1.82, 2.24) is 4.72 Å². The zero-order chi connectivity index (χ0) is 15.7. The average molecular weight is 369 g/mol. The van der Waals surface area contributed by atoms with Crippen LogP contribution in [-0.2, 0) is 19.9 Å². The number of sulfonamides is 1. The molecule has 0 bridgehead atoms. The second-order valence-corrected chi connectivity index (χ2v) is 9.13. The van der Waals surface area contributed by atoms with E-state index >= 15 is 0 Å². The van der Waals surface area contributed by atoms with Gasteiger partial charge in [-0.15, -0.1) is 12.4 Å². The Balaban J connectivity index is 0.00000242. The maximum Gasteiger partial charge on any atom is 0.240 e. The van der Waals surface area contributed by atoms with Gasteiger partial charge in [0.25, 0.3) is 0 Å². The van der Waals surface area contributed by atoms with E-state index in [1.807, 2.05) is 0 Å². The van der Waals surface area contributed by atoms with Crippen LogP contribution in [0.3, 0.4) is 0 Å². The molecule has 1 aromatic carbocycles. The van der Waals surface area contributed by atoms with Gasteiger partial charge in [-0.25, -0.2) is 21.6 Å². The smallest absolute Gasteiger partial charge is 0.240 e. The molecule has 6 nitrogen and oxygen atoms in total. The van der Waals surface area contributed by atoms with Crippen LogP contribution in [0.4, 0.5) is 0 Å². The molecule has 1 aromatic rings. The van der Waals surface area contributed by atoms with Crippen LogP contribution in [0.5, 0.6) is 0 Å². The second kappa shape index (κ2) is 7.27. The highest BCUT2D eigenvalue weighted by Gasteiger charge is 2.30. The summed E-state index contributed by atoms with van der Waals surface area (Å²) in [5, 5.41) is 0. The Labute approximate surface area is 137 Å². The van der Waals surface area contributed by atoms with E-state index < -0.39 is 19.9 Å². The number of halogens is 1. The fourth-order valence-corrected chi connectivity index (χ4v) is 4.74. The van der Waals surface area contributed by atoms with E-state index in [-0.39, 0.29) is 34.2 Å². The highest BCUT2D eigenvalue weighted by atomic mass is 35.5. The van der Waals surface area contributed by atoms with E-state index in [1.54, 1.807) is 0 Å². The predicted octanol–water partition coefficient (Wildman–Crippen LogP) is 0.918. The first-order chi connectivity index (χ1) is 9.74. The molecule has 2 atom stereocenters. The number of nitrogens with one attached hydrogen (secondary N) is 1. The van der Waals surface area contributed by atoms with E-state index in [4.69, 9.17) is 5.73 Å². The molecule has 3 N–H and O–H groups in total. The van der Waals surface area contributed by atoms with Crippen LogP contribution in [0, 0.1) is 5.92 Å². The number of hydrogen-bond donors (Lipinski definition) is 2. The first-order valence-corrected chi connectivity index (χ1v) is 10.1. The van der Waals surface area contributed by atoms with E-state index in [1.165, 1.54) is 24.3 Å². The van der Waals surface area contributed by atoms with Crippen molar-refractivity contribution in [3.8, 4) is 0 Å². The SMILES string of the molecule is CS(=O)(=O)c1cccc(S(=O)(=O)NC2CCCC2CN)c1.Cl. The molecule has 0 spiro atoms. The van der Waals surface area contributed by atoms with Crippen molar-refractivity contribution in [3.05, 3.63) is 24.3 Å². The standard InChI is InChI=1S/C13H20N2O4S2.ClH/c1-20(16,17)11-5-3-6-12(8-11)21(18,19)15-13-7-2-4-10(13)9-14;/h3,5-6,8,10,13,15H,2,4,7,9,14H2,1H3;1H. The van der Waals surface area contributed by atoms with Gasteiger partial charge in [0.15, 0.2) is 9.84 Å². The monoisotopic (exact) mass is 368 g/mol. The zero-order valence-electron chi connectivity index (χ0n) is 12.2. The molecule has 0 heterocycles. The number of nitrogens with two attached hydrogens (primary N) is 1. The van der Waals surface area contributed by atoms with Gasteiger partial charge in [-0.2, -0.15) is 0 Å². The van der Waals surface area contributed by atoms with Gasteiger partial charge >= 0.3 is 0 Å². The summed E-state index contributed by atoms with van der Waals surface area (Å²) in [6.07, 6.45) is 3.66. The average Bonchev–Trinajstić information content (AvgIpc) is 2.84. The molecule has 1 aliphatic rings. The minimum Gasteiger partial charge on any atom is -0.330 e. The predicted molar refractivity (Wildman–Crippen MR) is 87.3 cm³/mol. The van der Waals surface area contributed by atoms with E-state index in [0.29, 0.717) is 6.54 Å². The zero-order valence-corrected chi connectivity index (χ0v) is 14.7. The van der Waals surface area contributed by atoms with Gasteiger partial charge in [0.1, 0.15) is 0 Å². The van der Waals surface area contributed by atoms with Gasteiger partial charge in [0.2, 0.25) is 10.0 Å². The quantitative estimate of drug-likeness (QED) is 0.803. The molecule has 0 aromatic heterocycles. The van der Waals surface area contributed by atoms with Crippen molar-refractivity contribution in [2.45, 2.75) is 35.1 Å². The molecule has 22 heavy (non-hydrogen) atoms. The highest BCUT2D eigenvalue weighted by molar-refractivity contribution is 7.91. The Morgan fingerprint density at radius 1 is 1.18 bits per heavy atom. The summed E-state index contributed by atoms with van der Waals surface area (Å²) < 4.78 is 50.5. The fraction of sp³-hybridized carbons (Fsp3) is 0.538. The normalized spacial score (nSPS) is 22.3. The van der Waals surface area contributed by atoms with Gasteiger partial charge in [0, 0.05) is 12.3 Å². The first kappa shape index (κ1) is 19.4. The third-order valence-electron chi connectivity index (χ3n) is 3.81. The maximum atomic E-state index is 12.4. The molecular formula is C13H21ClN2O4S2. The van der Waals surface area contributed by atoms with Crippen LogP contribution in [0.2, 0.25) is 0 Å². The largest absolute Gasteiger partial charge is 0.330 e. The van der Waals surface area contributed by atoms with Crippen LogP contribution in [-0.4, -0.2) is 35.7 Å². The maximum absolute atomic E-state index is 12.4. The van der Waals surface area contributed by atoms with Crippen molar-refractivity contribution >= 4 is 32.3 Å². The lowest BCUT2D eigenvalue weighted by Gasteiger charge is -2.19. The Kier molecular flexibility index (Phi) is 6.40. The van der Waals surface area contributed by atoms with Gasteiger partial charge in [-0.3, -0.25) is 0 Å². The van der Waals surface area contributed by atoms with Crippen molar-refractivity contribution in [2.24, 2.45) is 11.7 Å². The van der Waals surface area contributed by atoms with Crippen molar-refractivity contribution in [1.29, 1.82) is 0 Å². The van der Waals surface area contributed by atoms with Gasteiger partial charge < -0.3 is 5.73 Å². The molecule has 0 radical (unpaired) electrons. The lowest BCUT2D eigenvalue weighted by molar-refractivity contribution is 0.453. The fourth-order valence-electron chi connectivity index (χ4n) is 2.61. The summed E-state index contributed by atoms with van der Waals surface area (Å²) >= 11 is 0. The summed E-state index contributed by atoms with van der Waals surface area (Å²) in [5.74, 6) is 0.137. The number of sulfone groups is 1. The topological polar surface area (TPSA) is 106 Å². The summed E-state index contributed by atoms with van der Waals surface area (Å²) in [7, 11) is -7.18. The molecule has 9 heteroatoms. The number of benzene rings is 1. The molecular weight excluding hydrogens is 348 g/mol. The third kappa shape index (κ3) is 4.42. The molecule has 0 amide bonds. The van der Waals surface area contributed by atoms with Gasteiger partial charge in [-0.05, 0) is 43.5 Å². The highest BCUT2D eigenvalue weighted by Crippen LogP contribution is 2.26. The van der Waals surface area contributed by atoms with Crippen molar-refractivity contribution < 1.29 is 16.8 Å². The van der Waals surface area contributed by atoms with Crippen molar-refractivity contribution in [3.63, 3.8) is 0 Å². The summed E-state index contributed by atoms with van der Waals surface area (Å²) in [4.78, 5) is -0.0414. The van der Waals surface area contributed by atoms with Crippen LogP contribution in [0.25, 0.3) is 0 Å². The Morgan fingerprint density at radius 3 is 2.41 bits per heavy atom. The first-order valence-electron chi connectivity index (χ1n) is 6.76. The van der Waals surface area contributed by atoms with E-state index in [0.717, 1.165) is 25.5 Å². The molecule has 0 saturated heterocycles. The number of rotatable bonds is 5. The minimum absolute atomic E-state index is 0. The van der Waals surface area contributed by atoms with Crippen molar-refractivity contribution in [2.75, 3.05) is 12.8 Å². The van der Waals surface area contributed by atoms with Gasteiger partial charge in [0.05, 0.1) is 9.79 Å². The third-order valence-corrected chi connectivity index (χ3v) is 6.41. The molecule has 0 aliphatic heterocycles. The molecule has 126 valence electrons. The molecule has 1 saturated carbocycles. The van der Waals surface area contributed by atoms with Crippen LogP contribution < -0.4 is 10.5 Å². The molecule has 2 rings (SSSR count). The van der Waals surface area contributed by atoms with Crippen LogP contribution in [0.15, 0.2) is 34.1 Å². The Hall–Kier alpha value is -0.670. The molecule has 1 fully saturated rings. The van der Waals surface area contributed by atoms with Crippen LogP contribution >= 0.6 is 12.4 Å². The van der Waals surface area contributed by atoms with E-state index in [9.17, 15) is 16.8 Å². The second-order valence-electron chi connectivity index (χ2n) is 5.40. The van der Waals surface area contributed by atoms with Gasteiger partial charge in [-0.1, -0.05) is 12.5 Å². The Bertz CT molecular complexity index is 719. The van der Waals surface area contributed by atoms with E-state index in [2.05, 4.69) is 4.72 Å². The molecule has 2 unspecified atom stereocenters. The Morgan fingerprint density at radius 2 is 1.82 bits per heavy atom. The van der Waals surface area contributed by atoms with Crippen LogP contribution in [0.1, 0.15) is 19.3 Å². The summed E-state index contributed by atoms with van der Waals surface area (Å²) in [6.45, 7) is 0.441. The lowest BCUT2D eigenvalue weighted by Crippen LogP contribution is -2.39. The summed E-state index contributed by atoms with van der Waals surface area (Å²) in [5.41, 5.74) is 5.65. The molecule has 1 aliphatic carbocycles. The number of hydrogen-bond acceptors (Lipinski definition) is 5. The lowest BCUT2D eigenvalue weighted by atomic mass is 10.1.